The van der Waals surface area contributed by atoms with Gasteiger partial charge in [0.2, 0.25) is 5.78 Å². The van der Waals surface area contributed by atoms with Gasteiger partial charge in [0.05, 0.1) is 11.1 Å². The smallest absolute Gasteiger partial charge is 0.222 e. The number of aromatic nitrogens is 3. The van der Waals surface area contributed by atoms with E-state index in [9.17, 15) is 4.79 Å². The van der Waals surface area contributed by atoms with E-state index in [0.717, 1.165) is 9.75 Å². The third kappa shape index (κ3) is 1.46. The van der Waals surface area contributed by atoms with E-state index in [1.807, 2.05) is 19.1 Å². The van der Waals surface area contributed by atoms with Gasteiger partial charge < -0.3 is 0 Å². The largest absolute Gasteiger partial charge is 0.286 e. The second-order valence-electron chi connectivity index (χ2n) is 2.98. The molecule has 4 nitrogen and oxygen atoms in total. The summed E-state index contributed by atoms with van der Waals surface area (Å²) in [5.74, 6) is -0.0180. The fourth-order valence-electron chi connectivity index (χ4n) is 1.18. The van der Waals surface area contributed by atoms with E-state index in [1.54, 1.807) is 7.05 Å². The van der Waals surface area contributed by atoms with Crippen molar-refractivity contribution in [2.45, 2.75) is 6.92 Å². The predicted octanol–water partition coefficient (Wildman–Crippen LogP) is 1.42. The average Bonchev–Trinajstić information content (AvgIpc) is 2.73. The Morgan fingerprint density at radius 1 is 1.50 bits per heavy atom. The van der Waals surface area contributed by atoms with Crippen LogP contribution in [0, 0.1) is 6.92 Å². The van der Waals surface area contributed by atoms with Crippen molar-refractivity contribution in [2.24, 2.45) is 7.05 Å². The normalized spacial score (nSPS) is 10.4. The zero-order valence-corrected chi connectivity index (χ0v) is 8.71. The van der Waals surface area contributed by atoms with Gasteiger partial charge in [0.25, 0.3) is 0 Å². The lowest BCUT2D eigenvalue weighted by atomic mass is 10.2. The molecule has 0 saturated carbocycles. The number of carbonyl (C=O) groups excluding carboxylic acids is 1. The first-order chi connectivity index (χ1) is 6.68. The minimum Gasteiger partial charge on any atom is -0.286 e. The van der Waals surface area contributed by atoms with E-state index >= 15 is 0 Å². The van der Waals surface area contributed by atoms with Crippen molar-refractivity contribution in [3.63, 3.8) is 0 Å². The third-order valence-corrected chi connectivity index (χ3v) is 2.91. The first-order valence-corrected chi connectivity index (χ1v) is 4.96. The van der Waals surface area contributed by atoms with Crippen LogP contribution in [0.25, 0.3) is 0 Å². The summed E-state index contributed by atoms with van der Waals surface area (Å²) < 4.78 is 1.48. The summed E-state index contributed by atoms with van der Waals surface area (Å²) in [5.41, 5.74) is 0.520. The maximum Gasteiger partial charge on any atom is 0.222 e. The van der Waals surface area contributed by atoms with Crippen molar-refractivity contribution in [3.05, 3.63) is 33.8 Å². The molecule has 0 fully saturated rings. The molecule has 0 N–H and O–H groups in total. The first kappa shape index (κ1) is 9.08. The molecule has 5 heteroatoms. The highest BCUT2D eigenvalue weighted by Gasteiger charge is 2.14. The van der Waals surface area contributed by atoms with Crippen molar-refractivity contribution in [1.29, 1.82) is 0 Å². The van der Waals surface area contributed by atoms with E-state index in [4.69, 9.17) is 0 Å². The highest BCUT2D eigenvalue weighted by molar-refractivity contribution is 7.14. The number of nitrogens with zero attached hydrogens (tertiary/aromatic N) is 3. The number of ketones is 1. The average molecular weight is 207 g/mol. The summed E-state index contributed by atoms with van der Waals surface area (Å²) in [7, 11) is 1.71. The SMILES string of the molecule is Cc1ccc(C(=O)c2cnnn2C)s1. The van der Waals surface area contributed by atoms with Crippen LogP contribution in [-0.4, -0.2) is 20.8 Å². The van der Waals surface area contributed by atoms with Gasteiger partial charge in [-0.25, -0.2) is 4.68 Å². The molecule has 0 aromatic carbocycles. The Morgan fingerprint density at radius 2 is 2.29 bits per heavy atom. The Labute approximate surface area is 85.2 Å². The Hall–Kier alpha value is -1.49. The van der Waals surface area contributed by atoms with E-state index < -0.39 is 0 Å². The molecule has 0 unspecified atom stereocenters. The molecule has 0 aliphatic carbocycles. The summed E-state index contributed by atoms with van der Waals surface area (Å²) >= 11 is 1.48. The lowest BCUT2D eigenvalue weighted by molar-refractivity contribution is 0.103. The molecule has 0 radical (unpaired) electrons. The van der Waals surface area contributed by atoms with Crippen LogP contribution < -0.4 is 0 Å². The number of hydrogen-bond acceptors (Lipinski definition) is 4. The van der Waals surface area contributed by atoms with Gasteiger partial charge in [0.1, 0.15) is 5.69 Å². The number of aryl methyl sites for hydroxylation is 2. The van der Waals surface area contributed by atoms with Gasteiger partial charge in [-0.05, 0) is 19.1 Å². The molecule has 0 aliphatic heterocycles. The molecule has 0 atom stereocenters. The minimum absolute atomic E-state index is 0.0180. The first-order valence-electron chi connectivity index (χ1n) is 4.14. The van der Waals surface area contributed by atoms with E-state index in [2.05, 4.69) is 10.3 Å². The van der Waals surface area contributed by atoms with Crippen LogP contribution in [0.4, 0.5) is 0 Å². The van der Waals surface area contributed by atoms with Gasteiger partial charge in [-0.2, -0.15) is 0 Å². The standard InChI is InChI=1S/C9H9N3OS/c1-6-3-4-8(14-6)9(13)7-5-10-11-12(7)2/h3-5H,1-2H3. The van der Waals surface area contributed by atoms with Crippen molar-refractivity contribution in [3.8, 4) is 0 Å². The summed E-state index contributed by atoms with van der Waals surface area (Å²) in [6.07, 6.45) is 1.48. The number of carbonyl (C=O) groups is 1. The highest BCUT2D eigenvalue weighted by atomic mass is 32.1. The second-order valence-corrected chi connectivity index (χ2v) is 4.27. The number of rotatable bonds is 2. The van der Waals surface area contributed by atoms with Crippen molar-refractivity contribution in [1.82, 2.24) is 15.0 Å². The lowest BCUT2D eigenvalue weighted by Crippen LogP contribution is -2.06. The van der Waals surface area contributed by atoms with Crippen LogP contribution in [0.3, 0.4) is 0 Å². The second kappa shape index (κ2) is 3.34. The zero-order chi connectivity index (χ0) is 10.1. The summed E-state index contributed by atoms with van der Waals surface area (Å²) in [6.45, 7) is 1.98. The predicted molar refractivity (Wildman–Crippen MR) is 53.5 cm³/mol. The molecule has 2 aromatic heterocycles. The molecule has 72 valence electrons. The van der Waals surface area contributed by atoms with Crippen LogP contribution >= 0.6 is 11.3 Å². The molecular formula is C9H9N3OS. The van der Waals surface area contributed by atoms with Gasteiger partial charge in [-0.15, -0.1) is 16.4 Å². The summed E-state index contributed by atoms with van der Waals surface area (Å²) in [6, 6.07) is 3.76. The topological polar surface area (TPSA) is 47.8 Å². The quantitative estimate of drug-likeness (QED) is 0.700. The molecule has 14 heavy (non-hydrogen) atoms. The fourth-order valence-corrected chi connectivity index (χ4v) is 1.99. The van der Waals surface area contributed by atoms with Crippen molar-refractivity contribution < 1.29 is 4.79 Å². The van der Waals surface area contributed by atoms with E-state index in [0.29, 0.717) is 5.69 Å². The van der Waals surface area contributed by atoms with Gasteiger partial charge in [0, 0.05) is 11.9 Å². The molecule has 0 saturated heterocycles. The zero-order valence-electron chi connectivity index (χ0n) is 7.89. The fraction of sp³-hybridized carbons (Fsp3) is 0.222. The Morgan fingerprint density at radius 3 is 2.79 bits per heavy atom. The number of hydrogen-bond donors (Lipinski definition) is 0. The monoisotopic (exact) mass is 207 g/mol. The van der Waals surface area contributed by atoms with Crippen molar-refractivity contribution in [2.75, 3.05) is 0 Å². The van der Waals surface area contributed by atoms with Crippen LogP contribution in [0.5, 0.6) is 0 Å². The van der Waals surface area contributed by atoms with Gasteiger partial charge in [-0.3, -0.25) is 4.79 Å². The molecule has 2 rings (SSSR count). The molecule has 0 amide bonds. The summed E-state index contributed by atoms with van der Waals surface area (Å²) in [4.78, 5) is 13.7. The number of thiophene rings is 1. The van der Waals surface area contributed by atoms with E-state index in [-0.39, 0.29) is 5.78 Å². The van der Waals surface area contributed by atoms with Crippen LogP contribution in [0.15, 0.2) is 18.3 Å². The lowest BCUT2D eigenvalue weighted by Gasteiger charge is -1.95. The maximum absolute atomic E-state index is 11.9. The Bertz CT molecular complexity index is 472. The third-order valence-electron chi connectivity index (χ3n) is 1.91. The summed E-state index contributed by atoms with van der Waals surface area (Å²) in [5, 5.41) is 7.39. The maximum atomic E-state index is 11.9. The van der Waals surface area contributed by atoms with Gasteiger partial charge >= 0.3 is 0 Å². The molecule has 0 spiro atoms. The van der Waals surface area contributed by atoms with Gasteiger partial charge in [-0.1, -0.05) is 5.21 Å². The van der Waals surface area contributed by atoms with Crippen LogP contribution in [0.1, 0.15) is 20.2 Å². The molecule has 0 bridgehead atoms. The van der Waals surface area contributed by atoms with Crippen LogP contribution in [0.2, 0.25) is 0 Å². The molecule has 2 heterocycles. The molecular weight excluding hydrogens is 198 g/mol. The Kier molecular flexibility index (Phi) is 2.17. The molecule has 2 aromatic rings. The van der Waals surface area contributed by atoms with Crippen LogP contribution in [-0.2, 0) is 7.05 Å². The van der Waals surface area contributed by atoms with Crippen molar-refractivity contribution >= 4 is 17.1 Å². The Balaban J connectivity index is 2.38. The van der Waals surface area contributed by atoms with Gasteiger partial charge in [0.15, 0.2) is 0 Å². The highest BCUT2D eigenvalue weighted by Crippen LogP contribution is 2.18. The van der Waals surface area contributed by atoms with E-state index in [1.165, 1.54) is 22.2 Å². The molecule has 0 aliphatic rings. The minimum atomic E-state index is -0.0180.